The predicted molar refractivity (Wildman–Crippen MR) is 101 cm³/mol. The second-order valence-electron chi connectivity index (χ2n) is 7.02. The van der Waals surface area contributed by atoms with E-state index in [2.05, 4.69) is 17.4 Å². The number of carbonyl (C=O) groups excluding carboxylic acids is 2. The number of nitrogens with one attached hydrogen (secondary N) is 1. The van der Waals surface area contributed by atoms with Crippen LogP contribution in [0.5, 0.6) is 0 Å². The number of fused-ring (bicyclic) bond motifs is 1. The van der Waals surface area contributed by atoms with Crippen LogP contribution < -0.4 is 5.32 Å². The van der Waals surface area contributed by atoms with Crippen molar-refractivity contribution in [2.75, 3.05) is 0 Å². The lowest BCUT2D eigenvalue weighted by molar-refractivity contribution is -0.130. The van der Waals surface area contributed by atoms with E-state index in [9.17, 15) is 9.59 Å². The SMILES string of the molecule is Cc1ccc(C)c(C(=O)O[C@H](C)C(=O)N[C@H]2CCCc3ccccc32)c1. The van der Waals surface area contributed by atoms with Crippen LogP contribution in [0.15, 0.2) is 42.5 Å². The van der Waals surface area contributed by atoms with Gasteiger partial charge in [-0.05, 0) is 62.8 Å². The predicted octanol–water partition coefficient (Wildman–Crippen LogP) is 4.04. The van der Waals surface area contributed by atoms with E-state index in [0.29, 0.717) is 5.56 Å². The van der Waals surface area contributed by atoms with Crippen LogP contribution in [0.2, 0.25) is 0 Å². The highest BCUT2D eigenvalue weighted by Gasteiger charge is 2.26. The normalized spacial score (nSPS) is 17.1. The molecule has 0 spiro atoms. The highest BCUT2D eigenvalue weighted by atomic mass is 16.5. The van der Waals surface area contributed by atoms with Gasteiger partial charge in [-0.3, -0.25) is 4.79 Å². The van der Waals surface area contributed by atoms with Crippen LogP contribution >= 0.6 is 0 Å². The molecule has 0 fully saturated rings. The Bertz CT molecular complexity index is 828. The molecule has 2 atom stereocenters. The molecule has 0 saturated heterocycles. The number of amides is 1. The van der Waals surface area contributed by atoms with Crippen molar-refractivity contribution in [1.82, 2.24) is 5.32 Å². The first-order valence-corrected chi connectivity index (χ1v) is 9.12. The molecular weight excluding hydrogens is 326 g/mol. The van der Waals surface area contributed by atoms with Crippen LogP contribution in [0.4, 0.5) is 0 Å². The fraction of sp³-hybridized carbons (Fsp3) is 0.364. The quantitative estimate of drug-likeness (QED) is 0.846. The highest BCUT2D eigenvalue weighted by Crippen LogP contribution is 2.29. The van der Waals surface area contributed by atoms with Gasteiger partial charge < -0.3 is 10.1 Å². The van der Waals surface area contributed by atoms with Crippen molar-refractivity contribution >= 4 is 11.9 Å². The minimum absolute atomic E-state index is 0.0192. The lowest BCUT2D eigenvalue weighted by Crippen LogP contribution is -2.39. The van der Waals surface area contributed by atoms with Gasteiger partial charge in [0.2, 0.25) is 0 Å². The van der Waals surface area contributed by atoms with Crippen molar-refractivity contribution in [3.05, 3.63) is 70.3 Å². The van der Waals surface area contributed by atoms with Gasteiger partial charge in [-0.2, -0.15) is 0 Å². The number of ether oxygens (including phenoxy) is 1. The van der Waals surface area contributed by atoms with Crippen molar-refractivity contribution < 1.29 is 14.3 Å². The van der Waals surface area contributed by atoms with Crippen molar-refractivity contribution in [3.8, 4) is 0 Å². The first-order chi connectivity index (χ1) is 12.5. The fourth-order valence-corrected chi connectivity index (χ4v) is 3.43. The molecule has 1 aliphatic carbocycles. The first kappa shape index (κ1) is 18.2. The van der Waals surface area contributed by atoms with Crippen LogP contribution in [0.25, 0.3) is 0 Å². The number of benzene rings is 2. The van der Waals surface area contributed by atoms with Gasteiger partial charge in [0, 0.05) is 0 Å². The Morgan fingerprint density at radius 1 is 1.15 bits per heavy atom. The van der Waals surface area contributed by atoms with Crippen LogP contribution in [0.3, 0.4) is 0 Å². The van der Waals surface area contributed by atoms with E-state index in [1.165, 1.54) is 11.1 Å². The van der Waals surface area contributed by atoms with E-state index in [4.69, 9.17) is 4.74 Å². The molecule has 26 heavy (non-hydrogen) atoms. The number of rotatable bonds is 4. The number of esters is 1. The summed E-state index contributed by atoms with van der Waals surface area (Å²) in [6.45, 7) is 5.40. The van der Waals surface area contributed by atoms with Gasteiger partial charge in [0.05, 0.1) is 11.6 Å². The zero-order chi connectivity index (χ0) is 18.7. The maximum absolute atomic E-state index is 12.6. The maximum atomic E-state index is 12.6. The Labute approximate surface area is 154 Å². The summed E-state index contributed by atoms with van der Waals surface area (Å²) in [6, 6.07) is 13.8. The molecule has 1 amide bonds. The standard InChI is InChI=1S/C22H25NO3/c1-14-11-12-15(2)19(13-14)22(25)26-16(3)21(24)23-20-10-6-8-17-7-4-5-9-18(17)20/h4-5,7,9,11-13,16,20H,6,8,10H2,1-3H3,(H,23,24)/t16-,20+/m1/s1. The molecule has 0 saturated carbocycles. The first-order valence-electron chi connectivity index (χ1n) is 9.12. The van der Waals surface area contributed by atoms with E-state index in [1.807, 2.05) is 38.1 Å². The third-order valence-electron chi connectivity index (χ3n) is 4.95. The molecule has 0 unspecified atom stereocenters. The van der Waals surface area contributed by atoms with Gasteiger partial charge >= 0.3 is 5.97 Å². The van der Waals surface area contributed by atoms with E-state index in [-0.39, 0.29) is 11.9 Å². The summed E-state index contributed by atoms with van der Waals surface area (Å²) in [5.41, 5.74) is 4.78. The summed E-state index contributed by atoms with van der Waals surface area (Å²) in [5.74, 6) is -0.719. The molecule has 1 aliphatic rings. The molecule has 2 aromatic rings. The fourth-order valence-electron chi connectivity index (χ4n) is 3.43. The molecule has 4 nitrogen and oxygen atoms in total. The van der Waals surface area contributed by atoms with Crippen LogP contribution in [-0.4, -0.2) is 18.0 Å². The van der Waals surface area contributed by atoms with Crippen molar-refractivity contribution in [1.29, 1.82) is 0 Å². The summed E-state index contributed by atoms with van der Waals surface area (Å²) in [4.78, 5) is 25.0. The second kappa shape index (κ2) is 7.73. The second-order valence-corrected chi connectivity index (χ2v) is 7.02. The third kappa shape index (κ3) is 3.96. The lowest BCUT2D eigenvalue weighted by atomic mass is 9.87. The molecule has 0 radical (unpaired) electrons. The minimum Gasteiger partial charge on any atom is -0.449 e. The van der Waals surface area contributed by atoms with Gasteiger partial charge in [-0.1, -0.05) is 42.0 Å². The number of hydrogen-bond acceptors (Lipinski definition) is 3. The van der Waals surface area contributed by atoms with Crippen LogP contribution in [0, 0.1) is 13.8 Å². The minimum atomic E-state index is -0.837. The monoisotopic (exact) mass is 351 g/mol. The molecule has 0 bridgehead atoms. The van der Waals surface area contributed by atoms with Gasteiger partial charge in [-0.15, -0.1) is 0 Å². The smallest absolute Gasteiger partial charge is 0.339 e. The number of hydrogen-bond donors (Lipinski definition) is 1. The Balaban J connectivity index is 1.65. The Morgan fingerprint density at radius 3 is 2.73 bits per heavy atom. The van der Waals surface area contributed by atoms with Gasteiger partial charge in [-0.25, -0.2) is 4.79 Å². The Hall–Kier alpha value is -2.62. The molecule has 136 valence electrons. The van der Waals surface area contributed by atoms with E-state index in [1.54, 1.807) is 13.0 Å². The topological polar surface area (TPSA) is 55.4 Å². The van der Waals surface area contributed by atoms with E-state index < -0.39 is 12.1 Å². The molecule has 4 heteroatoms. The summed E-state index contributed by atoms with van der Waals surface area (Å²) in [7, 11) is 0. The number of aryl methyl sites for hydroxylation is 3. The van der Waals surface area contributed by atoms with E-state index >= 15 is 0 Å². The highest BCUT2D eigenvalue weighted by molar-refractivity contribution is 5.93. The molecule has 1 N–H and O–H groups in total. The van der Waals surface area contributed by atoms with E-state index in [0.717, 1.165) is 30.4 Å². The van der Waals surface area contributed by atoms with Gasteiger partial charge in [0.15, 0.2) is 6.10 Å². The molecule has 2 aromatic carbocycles. The maximum Gasteiger partial charge on any atom is 0.339 e. The third-order valence-corrected chi connectivity index (χ3v) is 4.95. The number of carbonyl (C=O) groups is 2. The zero-order valence-corrected chi connectivity index (χ0v) is 15.5. The van der Waals surface area contributed by atoms with Crippen molar-refractivity contribution in [3.63, 3.8) is 0 Å². The largest absolute Gasteiger partial charge is 0.449 e. The zero-order valence-electron chi connectivity index (χ0n) is 15.5. The molecule has 3 rings (SSSR count). The van der Waals surface area contributed by atoms with Gasteiger partial charge in [0.1, 0.15) is 0 Å². The average molecular weight is 351 g/mol. The summed E-state index contributed by atoms with van der Waals surface area (Å²) >= 11 is 0. The van der Waals surface area contributed by atoms with Crippen LogP contribution in [0.1, 0.15) is 58.4 Å². The molecule has 0 aromatic heterocycles. The Kier molecular flexibility index (Phi) is 5.40. The molecular formula is C22H25NO3. The summed E-state index contributed by atoms with van der Waals surface area (Å²) in [6.07, 6.45) is 2.15. The summed E-state index contributed by atoms with van der Waals surface area (Å²) < 4.78 is 5.41. The van der Waals surface area contributed by atoms with Crippen LogP contribution in [-0.2, 0) is 16.0 Å². The van der Waals surface area contributed by atoms with Crippen molar-refractivity contribution in [2.45, 2.75) is 52.2 Å². The van der Waals surface area contributed by atoms with Gasteiger partial charge in [0.25, 0.3) is 5.91 Å². The summed E-state index contributed by atoms with van der Waals surface area (Å²) in [5, 5.41) is 3.04. The molecule has 0 aliphatic heterocycles. The van der Waals surface area contributed by atoms with Crippen molar-refractivity contribution in [2.24, 2.45) is 0 Å². The Morgan fingerprint density at radius 2 is 1.92 bits per heavy atom. The molecule has 0 heterocycles. The lowest BCUT2D eigenvalue weighted by Gasteiger charge is -2.27. The average Bonchev–Trinajstić information content (AvgIpc) is 2.63.